The zero-order chi connectivity index (χ0) is 15.1. The molecule has 21 heavy (non-hydrogen) atoms. The summed E-state index contributed by atoms with van der Waals surface area (Å²) in [5.41, 5.74) is 1.33. The maximum absolute atomic E-state index is 13.5. The number of aromatic nitrogens is 2. The van der Waals surface area contributed by atoms with Crippen LogP contribution >= 0.6 is 34.8 Å². The van der Waals surface area contributed by atoms with Crippen LogP contribution in [0.5, 0.6) is 0 Å². The fourth-order valence-corrected chi connectivity index (χ4v) is 2.99. The Labute approximate surface area is 133 Å². The molecule has 0 atom stereocenters. The highest BCUT2D eigenvalue weighted by Crippen LogP contribution is 2.34. The molecule has 108 valence electrons. The second-order valence-electron chi connectivity index (χ2n) is 4.35. The summed E-state index contributed by atoms with van der Waals surface area (Å²) < 4.78 is 28.4. The van der Waals surface area contributed by atoms with Crippen LogP contribution in [0.2, 0.25) is 10.0 Å². The highest BCUT2D eigenvalue weighted by molar-refractivity contribution is 6.38. The molecule has 0 aliphatic heterocycles. The van der Waals surface area contributed by atoms with Crippen molar-refractivity contribution in [3.63, 3.8) is 0 Å². The Morgan fingerprint density at radius 1 is 1.00 bits per heavy atom. The summed E-state index contributed by atoms with van der Waals surface area (Å²) in [5.74, 6) is -0.482. The standard InChI is InChI=1S/C14H7Cl3F2N2/c15-6-13-20-11-2-1-7(18)5-12(11)21(13)14-9(16)3-8(19)4-10(14)17/h1-5H,6H2. The molecule has 0 aliphatic rings. The molecule has 0 saturated heterocycles. The van der Waals surface area contributed by atoms with Gasteiger partial charge >= 0.3 is 0 Å². The van der Waals surface area contributed by atoms with Gasteiger partial charge in [-0.05, 0) is 24.3 Å². The van der Waals surface area contributed by atoms with Crippen LogP contribution in [0.4, 0.5) is 8.78 Å². The third-order valence-electron chi connectivity index (χ3n) is 3.01. The average Bonchev–Trinajstić information content (AvgIpc) is 2.76. The molecule has 0 aliphatic carbocycles. The number of fused-ring (bicyclic) bond motifs is 1. The maximum Gasteiger partial charge on any atom is 0.129 e. The lowest BCUT2D eigenvalue weighted by molar-refractivity contribution is 0.627. The smallest absolute Gasteiger partial charge is 0.129 e. The van der Waals surface area contributed by atoms with Crippen LogP contribution in [0.25, 0.3) is 16.7 Å². The van der Waals surface area contributed by atoms with E-state index in [0.717, 1.165) is 12.1 Å². The zero-order valence-electron chi connectivity index (χ0n) is 10.4. The van der Waals surface area contributed by atoms with Crippen LogP contribution in [0, 0.1) is 11.6 Å². The Hall–Kier alpha value is -1.36. The predicted molar refractivity (Wildman–Crippen MR) is 80.6 cm³/mol. The van der Waals surface area contributed by atoms with E-state index in [1.807, 2.05) is 0 Å². The summed E-state index contributed by atoms with van der Waals surface area (Å²) in [6, 6.07) is 6.39. The van der Waals surface area contributed by atoms with E-state index >= 15 is 0 Å². The van der Waals surface area contributed by atoms with Gasteiger partial charge in [0.1, 0.15) is 17.5 Å². The van der Waals surface area contributed by atoms with Crippen molar-refractivity contribution >= 4 is 45.8 Å². The van der Waals surface area contributed by atoms with Crippen molar-refractivity contribution in [3.8, 4) is 5.69 Å². The van der Waals surface area contributed by atoms with Gasteiger partial charge in [-0.15, -0.1) is 11.6 Å². The van der Waals surface area contributed by atoms with Crippen molar-refractivity contribution < 1.29 is 8.78 Å². The van der Waals surface area contributed by atoms with Crippen LogP contribution in [0.1, 0.15) is 5.82 Å². The number of alkyl halides is 1. The number of hydrogen-bond acceptors (Lipinski definition) is 1. The van der Waals surface area contributed by atoms with Gasteiger partial charge in [0.25, 0.3) is 0 Å². The van der Waals surface area contributed by atoms with Gasteiger partial charge in [0.15, 0.2) is 0 Å². The Bertz CT molecular complexity index is 823. The molecule has 0 bridgehead atoms. The van der Waals surface area contributed by atoms with Crippen LogP contribution in [-0.4, -0.2) is 9.55 Å². The fourth-order valence-electron chi connectivity index (χ4n) is 2.19. The molecule has 2 aromatic carbocycles. The van der Waals surface area contributed by atoms with Crippen molar-refractivity contribution in [2.75, 3.05) is 0 Å². The lowest BCUT2D eigenvalue weighted by atomic mass is 10.2. The molecule has 2 nitrogen and oxygen atoms in total. The molecule has 7 heteroatoms. The van der Waals surface area contributed by atoms with Gasteiger partial charge in [-0.1, -0.05) is 23.2 Å². The first-order valence-corrected chi connectivity index (χ1v) is 7.18. The fraction of sp³-hybridized carbons (Fsp3) is 0.0714. The van der Waals surface area contributed by atoms with Crippen molar-refractivity contribution in [2.24, 2.45) is 0 Å². The molecule has 0 radical (unpaired) electrons. The Balaban J connectivity index is 2.41. The molecule has 0 amide bonds. The first-order chi connectivity index (χ1) is 10.0. The minimum atomic E-state index is -0.559. The summed E-state index contributed by atoms with van der Waals surface area (Å²) in [7, 11) is 0. The molecule has 1 aromatic heterocycles. The van der Waals surface area contributed by atoms with Crippen molar-refractivity contribution in [1.82, 2.24) is 9.55 Å². The zero-order valence-corrected chi connectivity index (χ0v) is 12.6. The minimum Gasteiger partial charge on any atom is -0.292 e. The van der Waals surface area contributed by atoms with Gasteiger partial charge in [-0.2, -0.15) is 0 Å². The normalized spacial score (nSPS) is 11.3. The molecule has 0 fully saturated rings. The van der Waals surface area contributed by atoms with Gasteiger partial charge in [0.05, 0.1) is 32.6 Å². The van der Waals surface area contributed by atoms with Gasteiger partial charge in [-0.25, -0.2) is 13.8 Å². The van der Waals surface area contributed by atoms with Crippen LogP contribution in [-0.2, 0) is 5.88 Å². The van der Waals surface area contributed by atoms with Crippen molar-refractivity contribution in [3.05, 3.63) is 57.8 Å². The first-order valence-electron chi connectivity index (χ1n) is 5.89. The van der Waals surface area contributed by atoms with E-state index in [0.29, 0.717) is 22.5 Å². The number of rotatable bonds is 2. The monoisotopic (exact) mass is 346 g/mol. The lowest BCUT2D eigenvalue weighted by Crippen LogP contribution is -2.02. The molecule has 0 unspecified atom stereocenters. The molecule has 0 saturated carbocycles. The Morgan fingerprint density at radius 3 is 2.29 bits per heavy atom. The molecular weight excluding hydrogens is 341 g/mol. The molecule has 3 aromatic rings. The van der Waals surface area contributed by atoms with E-state index in [9.17, 15) is 8.78 Å². The molecule has 3 rings (SSSR count). The van der Waals surface area contributed by atoms with Crippen molar-refractivity contribution in [1.29, 1.82) is 0 Å². The van der Waals surface area contributed by atoms with E-state index in [-0.39, 0.29) is 15.9 Å². The first kappa shape index (κ1) is 14.6. The second-order valence-corrected chi connectivity index (χ2v) is 5.43. The van der Waals surface area contributed by atoms with E-state index in [2.05, 4.69) is 4.98 Å². The topological polar surface area (TPSA) is 17.8 Å². The number of nitrogens with zero attached hydrogens (tertiary/aromatic N) is 2. The van der Waals surface area contributed by atoms with Crippen molar-refractivity contribution in [2.45, 2.75) is 5.88 Å². The lowest BCUT2D eigenvalue weighted by Gasteiger charge is -2.12. The van der Waals surface area contributed by atoms with Gasteiger partial charge in [-0.3, -0.25) is 4.57 Å². The molecule has 1 heterocycles. The summed E-state index contributed by atoms with van der Waals surface area (Å²) in [6.07, 6.45) is 0. The quantitative estimate of drug-likeness (QED) is 0.571. The van der Waals surface area contributed by atoms with Gasteiger partial charge in [0, 0.05) is 6.07 Å². The molecular formula is C14H7Cl3F2N2. The Kier molecular flexibility index (Phi) is 3.78. The summed E-state index contributed by atoms with van der Waals surface area (Å²) in [4.78, 5) is 4.31. The largest absolute Gasteiger partial charge is 0.292 e. The van der Waals surface area contributed by atoms with Crippen LogP contribution in [0.3, 0.4) is 0 Å². The highest BCUT2D eigenvalue weighted by Gasteiger charge is 2.18. The summed E-state index contributed by atoms with van der Waals surface area (Å²) >= 11 is 18.1. The van der Waals surface area contributed by atoms with E-state index in [1.54, 1.807) is 0 Å². The Morgan fingerprint density at radius 2 is 1.67 bits per heavy atom. The number of halogens is 5. The number of benzene rings is 2. The van der Waals surface area contributed by atoms with E-state index in [4.69, 9.17) is 34.8 Å². The second kappa shape index (κ2) is 5.44. The SMILES string of the molecule is Fc1cc(Cl)c(-n2c(CCl)nc3ccc(F)cc32)c(Cl)c1. The molecule has 0 N–H and O–H groups in total. The van der Waals surface area contributed by atoms with E-state index in [1.165, 1.54) is 22.8 Å². The van der Waals surface area contributed by atoms with Crippen LogP contribution in [0.15, 0.2) is 30.3 Å². The summed E-state index contributed by atoms with van der Waals surface area (Å²) in [6.45, 7) is 0. The van der Waals surface area contributed by atoms with Gasteiger partial charge < -0.3 is 0 Å². The third-order valence-corrected chi connectivity index (χ3v) is 3.83. The number of hydrogen-bond donors (Lipinski definition) is 0. The van der Waals surface area contributed by atoms with E-state index < -0.39 is 11.6 Å². The third kappa shape index (κ3) is 2.48. The van der Waals surface area contributed by atoms with Crippen LogP contribution < -0.4 is 0 Å². The summed E-state index contributed by atoms with van der Waals surface area (Å²) in [5, 5.41) is 0.185. The highest BCUT2D eigenvalue weighted by atomic mass is 35.5. The average molecular weight is 348 g/mol. The maximum atomic E-state index is 13.5. The van der Waals surface area contributed by atoms with Gasteiger partial charge in [0.2, 0.25) is 0 Å². The predicted octanol–water partition coefficient (Wildman–Crippen LogP) is 5.35. The number of imidazole rings is 1. The minimum absolute atomic E-state index is 0.0698. The molecule has 0 spiro atoms.